The molecule has 0 amide bonds. The van der Waals surface area contributed by atoms with Crippen LogP contribution in [0.2, 0.25) is 0 Å². The Kier molecular flexibility index (Phi) is 3.18. The van der Waals surface area contributed by atoms with Gasteiger partial charge in [-0.2, -0.15) is 0 Å². The molecule has 0 N–H and O–H groups in total. The van der Waals surface area contributed by atoms with E-state index in [1.165, 1.54) is 11.8 Å². The Balaban J connectivity index is 3.75. The molecule has 0 aromatic rings. The van der Waals surface area contributed by atoms with Crippen LogP contribution in [0.5, 0.6) is 0 Å². The lowest BCUT2D eigenvalue weighted by atomic mass is 10.9. The molecule has 0 bridgehead atoms. The summed E-state index contributed by atoms with van der Waals surface area (Å²) in [5.74, 6) is 0. The fraction of sp³-hybridized carbons (Fsp3) is 0.667. The van der Waals surface area contributed by atoms with Crippen LogP contribution in [0.15, 0.2) is 5.10 Å². The molecule has 0 unspecified atom stereocenters. The highest BCUT2D eigenvalue weighted by molar-refractivity contribution is 8.13. The summed E-state index contributed by atoms with van der Waals surface area (Å²) in [7, 11) is 0. The zero-order valence-electron chi connectivity index (χ0n) is 4.62. The molecule has 46 valence electrons. The van der Waals surface area contributed by atoms with Gasteiger partial charge in [-0.15, -0.1) is 11.8 Å². The monoisotopic (exact) mass is 134 g/mol. The van der Waals surface area contributed by atoms with E-state index in [-0.39, 0.29) is 0 Å². The molecule has 0 atom stereocenters. The van der Waals surface area contributed by atoms with E-state index in [9.17, 15) is 10.1 Å². The minimum Gasteiger partial charge on any atom is -0.233 e. The second kappa shape index (κ2) is 3.43. The molecule has 0 spiro atoms. The zero-order valence-corrected chi connectivity index (χ0v) is 5.44. The summed E-state index contributed by atoms with van der Waals surface area (Å²) in [4.78, 5) is 9.57. The number of thioether (sulfide) groups is 1. The highest BCUT2D eigenvalue weighted by atomic mass is 32.2. The molecule has 0 aliphatic heterocycles. The van der Waals surface area contributed by atoms with Gasteiger partial charge in [-0.3, -0.25) is 0 Å². The molecular formula is C3H6N2O2S. The van der Waals surface area contributed by atoms with Crippen molar-refractivity contribution in [2.75, 3.05) is 6.26 Å². The van der Waals surface area contributed by atoms with Crippen molar-refractivity contribution in [2.24, 2.45) is 5.10 Å². The lowest BCUT2D eigenvalue weighted by Gasteiger charge is -1.81. The van der Waals surface area contributed by atoms with Crippen molar-refractivity contribution >= 4 is 16.8 Å². The second-order valence-corrected chi connectivity index (χ2v) is 2.06. The molecule has 0 aromatic carbocycles. The van der Waals surface area contributed by atoms with Gasteiger partial charge in [-0.25, -0.2) is 10.1 Å². The van der Waals surface area contributed by atoms with E-state index >= 15 is 0 Å². The summed E-state index contributed by atoms with van der Waals surface area (Å²) in [6.45, 7) is 1.59. The lowest BCUT2D eigenvalue weighted by molar-refractivity contribution is -0.484. The van der Waals surface area contributed by atoms with Crippen LogP contribution in [-0.2, 0) is 0 Å². The highest BCUT2D eigenvalue weighted by Crippen LogP contribution is 1.95. The van der Waals surface area contributed by atoms with E-state index in [4.69, 9.17) is 0 Å². The van der Waals surface area contributed by atoms with Crippen molar-refractivity contribution in [3.63, 3.8) is 0 Å². The largest absolute Gasteiger partial charge is 0.233 e. The molecule has 0 aliphatic rings. The van der Waals surface area contributed by atoms with Gasteiger partial charge in [-0.05, 0) is 13.2 Å². The topological polar surface area (TPSA) is 55.5 Å². The van der Waals surface area contributed by atoms with Crippen LogP contribution in [0.25, 0.3) is 0 Å². The van der Waals surface area contributed by atoms with Gasteiger partial charge in [0.25, 0.3) is 0 Å². The molecule has 8 heavy (non-hydrogen) atoms. The average Bonchev–Trinajstić information content (AvgIpc) is 1.65. The first-order chi connectivity index (χ1) is 3.66. The van der Waals surface area contributed by atoms with E-state index in [0.29, 0.717) is 5.04 Å². The molecule has 0 fully saturated rings. The van der Waals surface area contributed by atoms with Crippen molar-refractivity contribution in [1.29, 1.82) is 0 Å². The third-order valence-electron chi connectivity index (χ3n) is 0.518. The van der Waals surface area contributed by atoms with Gasteiger partial charge in [0, 0.05) is 0 Å². The van der Waals surface area contributed by atoms with E-state index in [1.54, 1.807) is 13.2 Å². The summed E-state index contributed by atoms with van der Waals surface area (Å²) in [6.07, 6.45) is 1.74. The fourth-order valence-electron chi connectivity index (χ4n) is 0.156. The van der Waals surface area contributed by atoms with Crippen molar-refractivity contribution in [1.82, 2.24) is 0 Å². The summed E-state index contributed by atoms with van der Waals surface area (Å²) in [5, 5.41) is 12.3. The van der Waals surface area contributed by atoms with Crippen molar-refractivity contribution in [2.45, 2.75) is 6.92 Å². The predicted octanol–water partition coefficient (Wildman–Crippen LogP) is 0.960. The Morgan fingerprint density at radius 1 is 1.88 bits per heavy atom. The van der Waals surface area contributed by atoms with Crippen molar-refractivity contribution in [3.05, 3.63) is 10.1 Å². The molecule has 0 saturated heterocycles. The maximum atomic E-state index is 9.57. The summed E-state index contributed by atoms with van der Waals surface area (Å²) >= 11 is 1.26. The number of hydrazone groups is 1. The van der Waals surface area contributed by atoms with Crippen molar-refractivity contribution in [3.8, 4) is 0 Å². The zero-order chi connectivity index (χ0) is 6.57. The van der Waals surface area contributed by atoms with Crippen LogP contribution >= 0.6 is 11.8 Å². The summed E-state index contributed by atoms with van der Waals surface area (Å²) in [6, 6.07) is 0. The number of rotatable bonds is 1. The Hall–Kier alpha value is -0.580. The first kappa shape index (κ1) is 7.42. The van der Waals surface area contributed by atoms with Crippen LogP contribution in [0.3, 0.4) is 0 Å². The number of hydrogen-bond acceptors (Lipinski definition) is 3. The Bertz CT molecular complexity index is 122. The molecule has 0 heterocycles. The van der Waals surface area contributed by atoms with E-state index in [0.717, 1.165) is 0 Å². The molecular weight excluding hydrogens is 128 g/mol. The van der Waals surface area contributed by atoms with E-state index in [2.05, 4.69) is 5.10 Å². The third kappa shape index (κ3) is 3.60. The van der Waals surface area contributed by atoms with Crippen LogP contribution in [0, 0.1) is 10.1 Å². The maximum absolute atomic E-state index is 9.57. The van der Waals surface area contributed by atoms with E-state index < -0.39 is 5.03 Å². The number of nitrogens with zero attached hydrogens (tertiary/aromatic N) is 2. The van der Waals surface area contributed by atoms with Crippen LogP contribution in [-0.4, -0.2) is 16.3 Å². The smallest absolute Gasteiger partial charge is 0.191 e. The Morgan fingerprint density at radius 2 is 2.38 bits per heavy atom. The quantitative estimate of drug-likeness (QED) is 0.232. The van der Waals surface area contributed by atoms with Crippen LogP contribution < -0.4 is 0 Å². The van der Waals surface area contributed by atoms with Crippen LogP contribution in [0.4, 0.5) is 0 Å². The third-order valence-corrected chi connectivity index (χ3v) is 1.19. The maximum Gasteiger partial charge on any atom is 0.191 e. The van der Waals surface area contributed by atoms with Gasteiger partial charge < -0.3 is 0 Å². The minimum absolute atomic E-state index is 0.468. The number of hydrogen-bond donors (Lipinski definition) is 0. The Labute approximate surface area is 51.1 Å². The van der Waals surface area contributed by atoms with Crippen molar-refractivity contribution < 1.29 is 5.03 Å². The van der Waals surface area contributed by atoms with Gasteiger partial charge in [-0.1, -0.05) is 0 Å². The minimum atomic E-state index is -0.703. The molecule has 0 radical (unpaired) electrons. The SMILES string of the molecule is CS/C(C)=N\[N+](=O)[O-]. The summed E-state index contributed by atoms with van der Waals surface area (Å²) in [5.41, 5.74) is 0. The van der Waals surface area contributed by atoms with Gasteiger partial charge in [0.2, 0.25) is 0 Å². The summed E-state index contributed by atoms with van der Waals surface area (Å²) < 4.78 is 0. The van der Waals surface area contributed by atoms with Crippen LogP contribution in [0.1, 0.15) is 6.92 Å². The molecule has 5 heteroatoms. The average molecular weight is 134 g/mol. The standard InChI is InChI=1S/C3H6N2O2S/c1-3(8-2)4-5(6)7/h1-2H3/b4-3-. The fourth-order valence-corrected chi connectivity index (χ4v) is 0.304. The normalized spacial score (nSPS) is 11.5. The first-order valence-corrected chi connectivity index (χ1v) is 3.13. The number of nitro groups is 1. The first-order valence-electron chi connectivity index (χ1n) is 1.90. The molecule has 0 rings (SSSR count). The molecule has 0 aliphatic carbocycles. The van der Waals surface area contributed by atoms with Gasteiger partial charge in [0.15, 0.2) is 5.03 Å². The molecule has 4 nitrogen and oxygen atoms in total. The van der Waals surface area contributed by atoms with E-state index in [1.807, 2.05) is 0 Å². The van der Waals surface area contributed by atoms with Gasteiger partial charge in [0.05, 0.1) is 5.10 Å². The Morgan fingerprint density at radius 3 is 2.50 bits per heavy atom. The predicted molar refractivity (Wildman–Crippen MR) is 33.6 cm³/mol. The van der Waals surface area contributed by atoms with Gasteiger partial charge >= 0.3 is 0 Å². The second-order valence-electron chi connectivity index (χ2n) is 1.06. The lowest BCUT2D eigenvalue weighted by Crippen LogP contribution is -1.90. The molecule has 0 saturated carbocycles. The molecule has 0 aromatic heterocycles. The highest BCUT2D eigenvalue weighted by Gasteiger charge is 1.91. The van der Waals surface area contributed by atoms with Gasteiger partial charge in [0.1, 0.15) is 5.04 Å².